The number of carbonyl (C=O) groups is 1. The summed E-state index contributed by atoms with van der Waals surface area (Å²) >= 11 is 6.28. The number of ether oxygens (including phenoxy) is 1. The van der Waals surface area contributed by atoms with E-state index in [9.17, 15) is 9.18 Å². The van der Waals surface area contributed by atoms with Crippen LogP contribution >= 0.6 is 11.6 Å². The molecule has 0 aromatic heterocycles. The second kappa shape index (κ2) is 7.86. The number of carbonyl (C=O) groups excluding carboxylic acids is 1. The molecule has 5 heteroatoms. The van der Waals surface area contributed by atoms with Crippen LogP contribution in [0.4, 0.5) is 4.39 Å². The molecule has 3 aromatic rings. The number of nitrogens with zero attached hydrogens (tertiary/aromatic N) is 1. The van der Waals surface area contributed by atoms with Crippen molar-refractivity contribution in [3.8, 4) is 5.75 Å². The molecule has 1 atom stereocenters. The Balaban J connectivity index is 1.60. The summed E-state index contributed by atoms with van der Waals surface area (Å²) in [6.07, 6.45) is 1.55. The molecule has 0 bridgehead atoms. The monoisotopic (exact) mass is 433 g/mol. The average Bonchev–Trinajstić information content (AvgIpc) is 3.16. The van der Waals surface area contributed by atoms with E-state index in [0.29, 0.717) is 12.1 Å². The van der Waals surface area contributed by atoms with E-state index in [2.05, 4.69) is 6.07 Å². The highest BCUT2D eigenvalue weighted by atomic mass is 35.5. The van der Waals surface area contributed by atoms with Crippen LogP contribution in [0.3, 0.4) is 0 Å². The number of fused-ring (bicyclic) bond motifs is 2. The summed E-state index contributed by atoms with van der Waals surface area (Å²) in [7, 11) is 1.64. The quantitative estimate of drug-likeness (QED) is 0.500. The minimum atomic E-state index is -0.352. The lowest BCUT2D eigenvalue weighted by Gasteiger charge is -2.38. The predicted molar refractivity (Wildman–Crippen MR) is 120 cm³/mol. The van der Waals surface area contributed by atoms with Gasteiger partial charge in [-0.3, -0.25) is 4.79 Å². The molecule has 0 fully saturated rings. The zero-order chi connectivity index (χ0) is 21.5. The van der Waals surface area contributed by atoms with Gasteiger partial charge in [0.05, 0.1) is 13.2 Å². The van der Waals surface area contributed by atoms with Gasteiger partial charge in [0.1, 0.15) is 11.6 Å². The van der Waals surface area contributed by atoms with Gasteiger partial charge < -0.3 is 9.64 Å². The van der Waals surface area contributed by atoms with Crippen LogP contribution in [0.2, 0.25) is 5.02 Å². The second-order valence-electron chi connectivity index (χ2n) is 7.91. The third kappa shape index (κ3) is 3.51. The van der Waals surface area contributed by atoms with Crippen LogP contribution in [0.15, 0.2) is 72.3 Å². The van der Waals surface area contributed by atoms with Crippen LogP contribution in [0, 0.1) is 5.82 Å². The molecule has 0 spiro atoms. The van der Waals surface area contributed by atoms with E-state index >= 15 is 0 Å². The molecule has 1 aliphatic heterocycles. The molecule has 0 radical (unpaired) electrons. The lowest BCUT2D eigenvalue weighted by atomic mass is 9.88. The van der Waals surface area contributed by atoms with Gasteiger partial charge in [-0.2, -0.15) is 0 Å². The molecule has 0 N–H and O–H groups in total. The van der Waals surface area contributed by atoms with E-state index < -0.39 is 0 Å². The lowest BCUT2D eigenvalue weighted by Crippen LogP contribution is -2.39. The number of methoxy groups -OCH3 is 1. The molecule has 1 aliphatic carbocycles. The van der Waals surface area contributed by atoms with E-state index in [1.54, 1.807) is 19.2 Å². The zero-order valence-electron chi connectivity index (χ0n) is 17.1. The van der Waals surface area contributed by atoms with Crippen molar-refractivity contribution in [3.05, 3.63) is 105 Å². The SMILES string of the molecule is COc1ccc(C2C3=C(CCN2C(=O)c2ccc(F)cc2)c2cc(Cl)ccc2C3)cc1. The van der Waals surface area contributed by atoms with Gasteiger partial charge in [0.25, 0.3) is 5.91 Å². The maximum Gasteiger partial charge on any atom is 0.254 e. The Morgan fingerprint density at radius 1 is 1.06 bits per heavy atom. The van der Waals surface area contributed by atoms with Crippen LogP contribution in [0.1, 0.15) is 39.5 Å². The van der Waals surface area contributed by atoms with Gasteiger partial charge in [-0.05, 0) is 89.2 Å². The lowest BCUT2D eigenvalue weighted by molar-refractivity contribution is 0.0698. The van der Waals surface area contributed by atoms with Gasteiger partial charge >= 0.3 is 0 Å². The van der Waals surface area contributed by atoms with Crippen molar-refractivity contribution >= 4 is 23.1 Å². The molecule has 156 valence electrons. The van der Waals surface area contributed by atoms with Gasteiger partial charge in [-0.1, -0.05) is 29.8 Å². The Hall–Kier alpha value is -3.11. The molecule has 31 heavy (non-hydrogen) atoms. The first-order valence-corrected chi connectivity index (χ1v) is 10.6. The summed E-state index contributed by atoms with van der Waals surface area (Å²) in [5.41, 5.74) is 6.45. The zero-order valence-corrected chi connectivity index (χ0v) is 17.8. The van der Waals surface area contributed by atoms with Crippen molar-refractivity contribution < 1.29 is 13.9 Å². The van der Waals surface area contributed by atoms with Gasteiger partial charge in [-0.15, -0.1) is 0 Å². The van der Waals surface area contributed by atoms with Gasteiger partial charge in [0, 0.05) is 17.1 Å². The normalized spacial score (nSPS) is 17.4. The van der Waals surface area contributed by atoms with E-state index in [1.807, 2.05) is 41.3 Å². The first-order valence-electron chi connectivity index (χ1n) is 10.3. The summed E-state index contributed by atoms with van der Waals surface area (Å²) in [6.45, 7) is 0.581. The largest absolute Gasteiger partial charge is 0.497 e. The Morgan fingerprint density at radius 2 is 1.81 bits per heavy atom. The third-order valence-corrected chi connectivity index (χ3v) is 6.43. The topological polar surface area (TPSA) is 29.5 Å². The molecule has 1 unspecified atom stereocenters. The molecule has 3 nitrogen and oxygen atoms in total. The average molecular weight is 434 g/mol. The Bertz CT molecular complexity index is 1190. The van der Waals surface area contributed by atoms with E-state index in [-0.39, 0.29) is 17.8 Å². The van der Waals surface area contributed by atoms with Crippen molar-refractivity contribution in [3.63, 3.8) is 0 Å². The molecule has 3 aromatic carbocycles. The van der Waals surface area contributed by atoms with Crippen molar-refractivity contribution in [1.82, 2.24) is 4.90 Å². The first-order chi connectivity index (χ1) is 15.0. The first kappa shape index (κ1) is 19.8. The maximum absolute atomic E-state index is 13.5. The molecule has 5 rings (SSSR count). The third-order valence-electron chi connectivity index (χ3n) is 6.19. The summed E-state index contributed by atoms with van der Waals surface area (Å²) in [6, 6.07) is 19.5. The smallest absolute Gasteiger partial charge is 0.254 e. The highest BCUT2D eigenvalue weighted by Gasteiger charge is 2.38. The van der Waals surface area contributed by atoms with E-state index in [0.717, 1.165) is 29.2 Å². The van der Waals surface area contributed by atoms with Crippen LogP contribution in [-0.2, 0) is 6.42 Å². The Morgan fingerprint density at radius 3 is 2.52 bits per heavy atom. The van der Waals surface area contributed by atoms with Gasteiger partial charge in [0.15, 0.2) is 0 Å². The second-order valence-corrected chi connectivity index (χ2v) is 8.35. The number of halogens is 2. The number of amides is 1. The number of hydrogen-bond donors (Lipinski definition) is 0. The number of rotatable bonds is 3. The standard InChI is InChI=1S/C26H21ClFNO2/c1-31-21-10-5-16(6-11-21)25-24-14-18-2-7-19(27)15-23(18)22(24)12-13-29(25)26(30)17-3-8-20(28)9-4-17/h2-11,15,25H,12-14H2,1H3. The highest BCUT2D eigenvalue weighted by molar-refractivity contribution is 6.30. The van der Waals surface area contributed by atoms with E-state index in [4.69, 9.17) is 16.3 Å². The number of hydrogen-bond acceptors (Lipinski definition) is 2. The summed E-state index contributed by atoms with van der Waals surface area (Å²) in [5, 5.41) is 0.721. The highest BCUT2D eigenvalue weighted by Crippen LogP contribution is 2.47. The fraction of sp³-hybridized carbons (Fsp3) is 0.192. The van der Waals surface area contributed by atoms with Crippen LogP contribution in [0.25, 0.3) is 5.57 Å². The van der Waals surface area contributed by atoms with Crippen molar-refractivity contribution in [1.29, 1.82) is 0 Å². The van der Waals surface area contributed by atoms with Crippen molar-refractivity contribution in [2.24, 2.45) is 0 Å². The predicted octanol–water partition coefficient (Wildman–Crippen LogP) is 6.08. The molecule has 0 saturated heterocycles. The van der Waals surface area contributed by atoms with Crippen LogP contribution < -0.4 is 4.74 Å². The van der Waals surface area contributed by atoms with Crippen molar-refractivity contribution in [2.45, 2.75) is 18.9 Å². The van der Waals surface area contributed by atoms with Crippen LogP contribution in [-0.4, -0.2) is 24.5 Å². The van der Waals surface area contributed by atoms with Crippen LogP contribution in [0.5, 0.6) is 5.75 Å². The molecule has 0 saturated carbocycles. The minimum absolute atomic E-state index is 0.0960. The number of benzene rings is 3. The fourth-order valence-electron chi connectivity index (χ4n) is 4.72. The molecule has 2 aliphatic rings. The Labute approximate surface area is 185 Å². The molecular formula is C26H21ClFNO2. The van der Waals surface area contributed by atoms with Crippen molar-refractivity contribution in [2.75, 3.05) is 13.7 Å². The summed E-state index contributed by atoms with van der Waals surface area (Å²) < 4.78 is 18.7. The minimum Gasteiger partial charge on any atom is -0.497 e. The maximum atomic E-state index is 13.5. The van der Waals surface area contributed by atoms with Gasteiger partial charge in [0.2, 0.25) is 0 Å². The summed E-state index contributed by atoms with van der Waals surface area (Å²) in [5.74, 6) is 0.322. The fourth-order valence-corrected chi connectivity index (χ4v) is 4.89. The van der Waals surface area contributed by atoms with E-state index in [1.165, 1.54) is 34.4 Å². The Kier molecular flexibility index (Phi) is 5.03. The molecule has 1 heterocycles. The summed E-state index contributed by atoms with van der Waals surface area (Å²) in [4.78, 5) is 15.4. The molecular weight excluding hydrogens is 413 g/mol. The van der Waals surface area contributed by atoms with Gasteiger partial charge in [-0.25, -0.2) is 4.39 Å². The molecule has 1 amide bonds.